The van der Waals surface area contributed by atoms with Crippen LogP contribution in [0, 0.1) is 0 Å². The molecule has 0 aliphatic carbocycles. The summed E-state index contributed by atoms with van der Waals surface area (Å²) in [6.45, 7) is 2.24. The van der Waals surface area contributed by atoms with Crippen molar-refractivity contribution in [2.45, 2.75) is 25.7 Å². The van der Waals surface area contributed by atoms with Crippen molar-refractivity contribution in [1.82, 2.24) is 9.78 Å². The molecule has 0 saturated carbocycles. The Hall–Kier alpha value is -1.05. The summed E-state index contributed by atoms with van der Waals surface area (Å²) in [5.74, 6) is 0. The zero-order valence-corrected chi connectivity index (χ0v) is 13.2. The van der Waals surface area contributed by atoms with Crippen molar-refractivity contribution in [1.29, 1.82) is 0 Å². The van der Waals surface area contributed by atoms with Crippen LogP contribution in [0.3, 0.4) is 0 Å². The summed E-state index contributed by atoms with van der Waals surface area (Å²) < 4.78 is 40.1. The monoisotopic (exact) mass is 382 g/mol. The summed E-state index contributed by atoms with van der Waals surface area (Å²) in [7, 11) is 0. The van der Waals surface area contributed by atoms with Crippen molar-refractivity contribution in [2.24, 2.45) is 0 Å². The molecular formula is C13H11BrClF3N2O. The number of rotatable bonds is 3. The van der Waals surface area contributed by atoms with Crippen molar-refractivity contribution < 1.29 is 18.3 Å². The molecule has 1 heterocycles. The predicted octanol–water partition coefficient (Wildman–Crippen LogP) is 4.42. The van der Waals surface area contributed by atoms with E-state index in [4.69, 9.17) is 11.6 Å². The third-order valence-electron chi connectivity index (χ3n) is 3.00. The van der Waals surface area contributed by atoms with Crippen molar-refractivity contribution in [3.05, 3.63) is 50.7 Å². The zero-order valence-electron chi connectivity index (χ0n) is 10.8. The largest absolute Gasteiger partial charge is 0.417 e. The molecule has 1 aromatic heterocycles. The number of hydrogen-bond acceptors (Lipinski definition) is 2. The first kappa shape index (κ1) is 16.3. The number of hydrogen-bond donors (Lipinski definition) is 1. The fraction of sp³-hybridized carbons (Fsp3) is 0.308. The number of halogens is 5. The highest BCUT2D eigenvalue weighted by atomic mass is 79.9. The Morgan fingerprint density at radius 1 is 1.43 bits per heavy atom. The first-order chi connectivity index (χ1) is 9.75. The quantitative estimate of drug-likeness (QED) is 0.852. The maximum atomic E-state index is 12.9. The molecule has 2 aromatic rings. The van der Waals surface area contributed by atoms with Gasteiger partial charge in [0.2, 0.25) is 0 Å². The lowest BCUT2D eigenvalue weighted by atomic mass is 10.0. The molecule has 0 aliphatic heterocycles. The first-order valence-corrected chi connectivity index (χ1v) is 7.18. The molecule has 1 atom stereocenters. The minimum Gasteiger partial charge on any atom is -0.382 e. The van der Waals surface area contributed by atoms with E-state index in [1.54, 1.807) is 6.92 Å². The fourth-order valence-corrected chi connectivity index (χ4v) is 2.70. The number of aryl methyl sites for hydroxylation is 1. The van der Waals surface area contributed by atoms with Gasteiger partial charge in [-0.15, -0.1) is 0 Å². The predicted molar refractivity (Wildman–Crippen MR) is 76.1 cm³/mol. The molecular weight excluding hydrogens is 373 g/mol. The summed E-state index contributed by atoms with van der Waals surface area (Å²) in [5.41, 5.74) is -0.477. The van der Waals surface area contributed by atoms with Crippen LogP contribution >= 0.6 is 27.5 Å². The number of nitrogens with zero attached hydrogens (tertiary/aromatic N) is 2. The Labute approximate surface area is 132 Å². The first-order valence-electron chi connectivity index (χ1n) is 6.01. The van der Waals surface area contributed by atoms with Gasteiger partial charge >= 0.3 is 6.18 Å². The minimum absolute atomic E-state index is 0.0824. The van der Waals surface area contributed by atoms with E-state index in [9.17, 15) is 18.3 Å². The third kappa shape index (κ3) is 3.25. The molecule has 0 saturated heterocycles. The van der Waals surface area contributed by atoms with Crippen molar-refractivity contribution in [3.63, 3.8) is 0 Å². The highest BCUT2D eigenvalue weighted by Crippen LogP contribution is 2.37. The second-order valence-corrected chi connectivity index (χ2v) is 5.59. The number of benzene rings is 1. The van der Waals surface area contributed by atoms with Gasteiger partial charge in [0.25, 0.3) is 0 Å². The van der Waals surface area contributed by atoms with Crippen LogP contribution in [0.1, 0.15) is 29.8 Å². The standard InChI is InChI=1S/C13H11BrClF3N2O/c1-2-20-11(10(15)6-19-20)12(21)7-3-4-9(14)8(5-7)13(16,17)18/h3-6,12,21H,2H2,1H3. The lowest BCUT2D eigenvalue weighted by Crippen LogP contribution is -2.12. The van der Waals surface area contributed by atoms with Gasteiger partial charge in [-0.1, -0.05) is 33.6 Å². The molecule has 1 unspecified atom stereocenters. The maximum absolute atomic E-state index is 12.9. The van der Waals surface area contributed by atoms with Crippen molar-refractivity contribution >= 4 is 27.5 Å². The molecule has 21 heavy (non-hydrogen) atoms. The van der Waals surface area contributed by atoms with E-state index < -0.39 is 17.8 Å². The molecule has 0 bridgehead atoms. The van der Waals surface area contributed by atoms with Gasteiger partial charge < -0.3 is 5.11 Å². The summed E-state index contributed by atoms with van der Waals surface area (Å²) in [5, 5.41) is 14.5. The van der Waals surface area contributed by atoms with Crippen molar-refractivity contribution in [2.75, 3.05) is 0 Å². The summed E-state index contributed by atoms with van der Waals surface area (Å²) in [6.07, 6.45) is -4.44. The second kappa shape index (κ2) is 5.98. The van der Waals surface area contributed by atoms with Crippen LogP contribution in [0.5, 0.6) is 0 Å². The van der Waals surface area contributed by atoms with Gasteiger partial charge in [-0.2, -0.15) is 18.3 Å². The summed E-state index contributed by atoms with van der Waals surface area (Å²) >= 11 is 8.82. The molecule has 8 heteroatoms. The number of alkyl halides is 3. The smallest absolute Gasteiger partial charge is 0.382 e. The third-order valence-corrected chi connectivity index (χ3v) is 3.99. The highest BCUT2D eigenvalue weighted by Gasteiger charge is 2.34. The molecule has 0 aliphatic rings. The van der Waals surface area contributed by atoms with Crippen LogP contribution < -0.4 is 0 Å². The average Bonchev–Trinajstić information content (AvgIpc) is 2.78. The molecule has 0 spiro atoms. The molecule has 1 N–H and O–H groups in total. The fourth-order valence-electron chi connectivity index (χ4n) is 1.98. The molecule has 1 aromatic carbocycles. The Balaban J connectivity index is 2.49. The van der Waals surface area contributed by atoms with Gasteiger partial charge in [0.1, 0.15) is 6.10 Å². The topological polar surface area (TPSA) is 38.0 Å². The highest BCUT2D eigenvalue weighted by molar-refractivity contribution is 9.10. The Morgan fingerprint density at radius 2 is 2.10 bits per heavy atom. The summed E-state index contributed by atoms with van der Waals surface area (Å²) in [6, 6.07) is 3.56. The van der Waals surface area contributed by atoms with Gasteiger partial charge in [0.05, 0.1) is 22.5 Å². The Kier molecular flexibility index (Phi) is 4.65. The van der Waals surface area contributed by atoms with E-state index in [0.717, 1.165) is 6.07 Å². The van der Waals surface area contributed by atoms with Crippen LogP contribution in [0.2, 0.25) is 5.02 Å². The number of aliphatic hydroxyl groups excluding tert-OH is 1. The van der Waals surface area contributed by atoms with E-state index in [1.807, 2.05) is 0 Å². The maximum Gasteiger partial charge on any atom is 0.417 e. The molecule has 114 valence electrons. The van der Waals surface area contributed by atoms with E-state index in [1.165, 1.54) is 23.0 Å². The lowest BCUT2D eigenvalue weighted by molar-refractivity contribution is -0.138. The van der Waals surface area contributed by atoms with Gasteiger partial charge in [-0.25, -0.2) is 0 Å². The van der Waals surface area contributed by atoms with E-state index in [0.29, 0.717) is 6.54 Å². The van der Waals surface area contributed by atoms with Gasteiger partial charge in [0, 0.05) is 11.0 Å². The molecule has 0 fully saturated rings. The number of aliphatic hydroxyl groups is 1. The van der Waals surface area contributed by atoms with Crippen LogP contribution in [0.25, 0.3) is 0 Å². The van der Waals surface area contributed by atoms with Crippen LogP contribution in [-0.2, 0) is 12.7 Å². The molecule has 0 amide bonds. The van der Waals surface area contributed by atoms with E-state index in [-0.39, 0.29) is 20.8 Å². The van der Waals surface area contributed by atoms with E-state index >= 15 is 0 Å². The van der Waals surface area contributed by atoms with Gasteiger partial charge in [-0.05, 0) is 24.6 Å². The van der Waals surface area contributed by atoms with Gasteiger partial charge in [-0.3, -0.25) is 4.68 Å². The summed E-state index contributed by atoms with van der Waals surface area (Å²) in [4.78, 5) is 0. The van der Waals surface area contributed by atoms with Crippen LogP contribution in [0.15, 0.2) is 28.9 Å². The SMILES string of the molecule is CCn1ncc(Cl)c1C(O)c1ccc(Br)c(C(F)(F)F)c1. The molecule has 2 rings (SSSR count). The molecule has 3 nitrogen and oxygen atoms in total. The normalized spacial score (nSPS) is 13.5. The Bertz CT molecular complexity index is 657. The molecule has 0 radical (unpaired) electrons. The Morgan fingerprint density at radius 3 is 2.67 bits per heavy atom. The van der Waals surface area contributed by atoms with Crippen molar-refractivity contribution in [3.8, 4) is 0 Å². The lowest BCUT2D eigenvalue weighted by Gasteiger charge is -2.16. The van der Waals surface area contributed by atoms with Crippen LogP contribution in [0.4, 0.5) is 13.2 Å². The second-order valence-electron chi connectivity index (χ2n) is 4.33. The van der Waals surface area contributed by atoms with Gasteiger partial charge in [0.15, 0.2) is 0 Å². The van der Waals surface area contributed by atoms with E-state index in [2.05, 4.69) is 21.0 Å². The van der Waals surface area contributed by atoms with Crippen LogP contribution in [-0.4, -0.2) is 14.9 Å². The average molecular weight is 384 g/mol. The zero-order chi connectivity index (χ0) is 15.8. The number of aromatic nitrogens is 2. The minimum atomic E-state index is -4.51.